The fourth-order valence-corrected chi connectivity index (χ4v) is 2.04. The number of aromatic nitrogens is 1. The average Bonchev–Trinajstić information content (AvgIpc) is 2.29. The van der Waals surface area contributed by atoms with Crippen LogP contribution in [0.4, 0.5) is 5.69 Å². The molecule has 0 fully saturated rings. The zero-order chi connectivity index (χ0) is 11.1. The number of aromatic hydroxyl groups is 1. The van der Waals surface area contributed by atoms with E-state index < -0.39 is 0 Å². The van der Waals surface area contributed by atoms with Gasteiger partial charge in [-0.1, -0.05) is 18.2 Å². The van der Waals surface area contributed by atoms with Crippen molar-refractivity contribution in [3.63, 3.8) is 0 Å². The number of fused-ring (bicyclic) bond motifs is 3. The number of benzene rings is 2. The summed E-state index contributed by atoms with van der Waals surface area (Å²) in [7, 11) is 0. The average molecular weight is 210 g/mol. The predicted octanol–water partition coefficient (Wildman–Crippen LogP) is 2.68. The van der Waals surface area contributed by atoms with Crippen molar-refractivity contribution in [3.05, 3.63) is 42.6 Å². The molecule has 0 aliphatic carbocycles. The Morgan fingerprint density at radius 3 is 2.75 bits per heavy atom. The van der Waals surface area contributed by atoms with E-state index in [0.29, 0.717) is 11.1 Å². The summed E-state index contributed by atoms with van der Waals surface area (Å²) < 4.78 is 0. The number of phenols is 1. The van der Waals surface area contributed by atoms with Crippen LogP contribution in [0.1, 0.15) is 0 Å². The fourth-order valence-electron chi connectivity index (χ4n) is 2.04. The molecule has 0 amide bonds. The topological polar surface area (TPSA) is 59.1 Å². The van der Waals surface area contributed by atoms with Crippen molar-refractivity contribution in [2.24, 2.45) is 0 Å². The lowest BCUT2D eigenvalue weighted by Crippen LogP contribution is -1.88. The van der Waals surface area contributed by atoms with Gasteiger partial charge in [-0.3, -0.25) is 4.98 Å². The lowest BCUT2D eigenvalue weighted by molar-refractivity contribution is 0.482. The first-order valence-electron chi connectivity index (χ1n) is 5.02. The van der Waals surface area contributed by atoms with E-state index in [1.165, 1.54) is 0 Å². The molecule has 16 heavy (non-hydrogen) atoms. The van der Waals surface area contributed by atoms with Crippen LogP contribution in [-0.4, -0.2) is 10.1 Å². The van der Waals surface area contributed by atoms with Crippen molar-refractivity contribution in [1.82, 2.24) is 4.98 Å². The first kappa shape index (κ1) is 8.97. The fraction of sp³-hybridized carbons (Fsp3) is 0. The number of rotatable bonds is 0. The standard InChI is InChI=1S/C13H10N2O/c14-10-5-1-3-9-8-4-2-6-15-11(8)7-12(16)13(9)10/h1-7,16H,14H2. The minimum absolute atomic E-state index is 0.180. The third kappa shape index (κ3) is 1.11. The highest BCUT2D eigenvalue weighted by atomic mass is 16.3. The zero-order valence-electron chi connectivity index (χ0n) is 8.51. The van der Waals surface area contributed by atoms with E-state index in [9.17, 15) is 5.11 Å². The van der Waals surface area contributed by atoms with Crippen LogP contribution in [0.3, 0.4) is 0 Å². The van der Waals surface area contributed by atoms with Gasteiger partial charge in [-0.05, 0) is 17.5 Å². The molecule has 3 heteroatoms. The van der Waals surface area contributed by atoms with Crippen LogP contribution in [0.15, 0.2) is 42.6 Å². The van der Waals surface area contributed by atoms with Gasteiger partial charge < -0.3 is 10.8 Å². The molecule has 3 aromatic rings. The first-order chi connectivity index (χ1) is 7.77. The van der Waals surface area contributed by atoms with Crippen molar-refractivity contribution >= 4 is 27.4 Å². The van der Waals surface area contributed by atoms with Gasteiger partial charge >= 0.3 is 0 Å². The van der Waals surface area contributed by atoms with E-state index in [-0.39, 0.29) is 5.75 Å². The molecule has 2 aromatic carbocycles. The SMILES string of the molecule is Nc1cccc2c1c(O)cc1ncccc12. The molecule has 0 saturated heterocycles. The van der Waals surface area contributed by atoms with Crippen LogP contribution in [0.25, 0.3) is 21.7 Å². The highest BCUT2D eigenvalue weighted by molar-refractivity contribution is 6.12. The molecular formula is C13H10N2O. The Hall–Kier alpha value is -2.29. The van der Waals surface area contributed by atoms with Gasteiger partial charge in [-0.2, -0.15) is 0 Å². The van der Waals surface area contributed by atoms with Gasteiger partial charge in [0.25, 0.3) is 0 Å². The van der Waals surface area contributed by atoms with Gasteiger partial charge in [0, 0.05) is 28.7 Å². The largest absolute Gasteiger partial charge is 0.507 e. The molecule has 1 aromatic heterocycles. The Morgan fingerprint density at radius 1 is 1.06 bits per heavy atom. The van der Waals surface area contributed by atoms with E-state index >= 15 is 0 Å². The van der Waals surface area contributed by atoms with Crippen LogP contribution in [-0.2, 0) is 0 Å². The Labute approximate surface area is 92.1 Å². The van der Waals surface area contributed by atoms with Gasteiger partial charge in [-0.25, -0.2) is 0 Å². The minimum atomic E-state index is 0.180. The Balaban J connectivity index is 2.65. The third-order valence-corrected chi connectivity index (χ3v) is 2.75. The molecule has 3 N–H and O–H groups in total. The summed E-state index contributed by atoms with van der Waals surface area (Å²) >= 11 is 0. The normalized spacial score (nSPS) is 11.0. The van der Waals surface area contributed by atoms with Gasteiger partial charge in [0.05, 0.1) is 5.52 Å². The molecule has 3 nitrogen and oxygen atoms in total. The number of hydrogen-bond acceptors (Lipinski definition) is 3. The number of nitrogens with zero attached hydrogens (tertiary/aromatic N) is 1. The van der Waals surface area contributed by atoms with Crippen molar-refractivity contribution in [2.75, 3.05) is 5.73 Å². The smallest absolute Gasteiger partial charge is 0.127 e. The second-order valence-electron chi connectivity index (χ2n) is 3.74. The second-order valence-corrected chi connectivity index (χ2v) is 3.74. The Morgan fingerprint density at radius 2 is 1.88 bits per heavy atom. The van der Waals surface area contributed by atoms with Crippen LogP contribution in [0.5, 0.6) is 5.75 Å². The molecule has 0 bridgehead atoms. The van der Waals surface area contributed by atoms with Gasteiger partial charge in [0.1, 0.15) is 5.75 Å². The molecular weight excluding hydrogens is 200 g/mol. The molecule has 0 spiro atoms. The summed E-state index contributed by atoms with van der Waals surface area (Å²) in [5.41, 5.74) is 7.23. The number of nitrogens with two attached hydrogens (primary N) is 1. The maximum atomic E-state index is 9.93. The van der Waals surface area contributed by atoms with Crippen LogP contribution >= 0.6 is 0 Å². The molecule has 78 valence electrons. The lowest BCUT2D eigenvalue weighted by Gasteiger charge is -2.07. The molecule has 0 atom stereocenters. The monoisotopic (exact) mass is 210 g/mol. The summed E-state index contributed by atoms with van der Waals surface area (Å²) in [5, 5.41) is 12.6. The summed E-state index contributed by atoms with van der Waals surface area (Å²) in [6.45, 7) is 0. The minimum Gasteiger partial charge on any atom is -0.507 e. The zero-order valence-corrected chi connectivity index (χ0v) is 8.51. The third-order valence-electron chi connectivity index (χ3n) is 2.75. The second kappa shape index (κ2) is 3.10. The van der Waals surface area contributed by atoms with Gasteiger partial charge in [0.15, 0.2) is 0 Å². The van der Waals surface area contributed by atoms with Crippen molar-refractivity contribution in [2.45, 2.75) is 0 Å². The molecule has 0 aliphatic rings. The number of anilines is 1. The molecule has 3 rings (SSSR count). The van der Waals surface area contributed by atoms with Gasteiger partial charge in [-0.15, -0.1) is 0 Å². The summed E-state index contributed by atoms with van der Waals surface area (Å²) in [6, 6.07) is 11.1. The van der Waals surface area contributed by atoms with Crippen molar-refractivity contribution in [3.8, 4) is 5.75 Å². The predicted molar refractivity (Wildman–Crippen MR) is 65.3 cm³/mol. The van der Waals surface area contributed by atoms with Crippen LogP contribution in [0, 0.1) is 0 Å². The van der Waals surface area contributed by atoms with Gasteiger partial charge in [0.2, 0.25) is 0 Å². The molecule has 0 unspecified atom stereocenters. The molecule has 1 heterocycles. The summed E-state index contributed by atoms with van der Waals surface area (Å²) in [4.78, 5) is 4.22. The summed E-state index contributed by atoms with van der Waals surface area (Å²) in [6.07, 6.45) is 1.71. The van der Waals surface area contributed by atoms with E-state index in [0.717, 1.165) is 16.3 Å². The maximum absolute atomic E-state index is 9.93. The van der Waals surface area contributed by atoms with E-state index in [1.807, 2.05) is 24.3 Å². The number of nitrogen functional groups attached to an aromatic ring is 1. The highest BCUT2D eigenvalue weighted by Crippen LogP contribution is 2.35. The van der Waals surface area contributed by atoms with Crippen molar-refractivity contribution in [1.29, 1.82) is 0 Å². The number of phenolic OH excluding ortho intramolecular Hbond substituents is 1. The summed E-state index contributed by atoms with van der Waals surface area (Å²) in [5.74, 6) is 0.180. The quantitative estimate of drug-likeness (QED) is 0.443. The van der Waals surface area contributed by atoms with E-state index in [4.69, 9.17) is 5.73 Å². The Bertz CT molecular complexity index is 692. The Kier molecular flexibility index (Phi) is 1.74. The van der Waals surface area contributed by atoms with Crippen LogP contribution in [0.2, 0.25) is 0 Å². The molecule has 0 saturated carbocycles. The molecule has 0 aliphatic heterocycles. The van der Waals surface area contributed by atoms with Crippen LogP contribution < -0.4 is 5.73 Å². The first-order valence-corrected chi connectivity index (χ1v) is 5.02. The van der Waals surface area contributed by atoms with E-state index in [1.54, 1.807) is 18.3 Å². The van der Waals surface area contributed by atoms with Crippen molar-refractivity contribution < 1.29 is 5.11 Å². The number of hydrogen-bond donors (Lipinski definition) is 2. The lowest BCUT2D eigenvalue weighted by atomic mass is 10.0. The molecule has 0 radical (unpaired) electrons. The maximum Gasteiger partial charge on any atom is 0.127 e. The number of pyridine rings is 1. The highest BCUT2D eigenvalue weighted by Gasteiger charge is 2.08. The van der Waals surface area contributed by atoms with E-state index in [2.05, 4.69) is 4.98 Å².